The minimum atomic E-state index is -0.109. The molecule has 0 radical (unpaired) electrons. The molecule has 1 aliphatic carbocycles. The van der Waals surface area contributed by atoms with Gasteiger partial charge >= 0.3 is 0 Å². The van der Waals surface area contributed by atoms with Crippen LogP contribution in [0.5, 0.6) is 5.75 Å². The fourth-order valence-electron chi connectivity index (χ4n) is 5.01. The van der Waals surface area contributed by atoms with Crippen LogP contribution >= 0.6 is 11.3 Å². The first kappa shape index (κ1) is 23.3. The van der Waals surface area contributed by atoms with Crippen molar-refractivity contribution in [1.29, 1.82) is 0 Å². The predicted molar refractivity (Wildman–Crippen MR) is 147 cm³/mol. The molecule has 0 unspecified atom stereocenters. The number of phenols is 1. The van der Waals surface area contributed by atoms with Gasteiger partial charge in [0.25, 0.3) is 5.91 Å². The van der Waals surface area contributed by atoms with E-state index < -0.39 is 0 Å². The SMILES string of the molecule is Cc1cc(C)cc(NC(=O)c2c(N=Cc3c(O)ccc4ccccc34)sc3c2CCCCCC3)c1. The molecule has 178 valence electrons. The van der Waals surface area contributed by atoms with Crippen molar-refractivity contribution < 1.29 is 9.90 Å². The average molecular weight is 483 g/mol. The maximum atomic E-state index is 13.7. The first-order valence-corrected chi connectivity index (χ1v) is 13.1. The molecule has 5 rings (SSSR count). The van der Waals surface area contributed by atoms with Gasteiger partial charge in [0.05, 0.1) is 5.56 Å². The van der Waals surface area contributed by atoms with Crippen LogP contribution in [0.4, 0.5) is 10.7 Å². The Morgan fingerprint density at radius 3 is 2.51 bits per heavy atom. The summed E-state index contributed by atoms with van der Waals surface area (Å²) in [6.07, 6.45) is 8.24. The van der Waals surface area contributed by atoms with Gasteiger partial charge in [0.1, 0.15) is 10.8 Å². The summed E-state index contributed by atoms with van der Waals surface area (Å²) < 4.78 is 0. The largest absolute Gasteiger partial charge is 0.507 e. The molecule has 0 atom stereocenters. The smallest absolute Gasteiger partial charge is 0.259 e. The highest BCUT2D eigenvalue weighted by molar-refractivity contribution is 7.16. The maximum absolute atomic E-state index is 13.7. The van der Waals surface area contributed by atoms with Crippen molar-refractivity contribution in [2.45, 2.75) is 52.4 Å². The lowest BCUT2D eigenvalue weighted by atomic mass is 9.96. The lowest BCUT2D eigenvalue weighted by molar-refractivity contribution is 0.102. The Balaban J connectivity index is 1.58. The summed E-state index contributed by atoms with van der Waals surface area (Å²) >= 11 is 1.62. The molecule has 0 spiro atoms. The van der Waals surface area contributed by atoms with E-state index in [0.29, 0.717) is 16.1 Å². The highest BCUT2D eigenvalue weighted by atomic mass is 32.1. The van der Waals surface area contributed by atoms with Crippen molar-refractivity contribution in [3.8, 4) is 5.75 Å². The van der Waals surface area contributed by atoms with Crippen molar-refractivity contribution >= 4 is 44.9 Å². The summed E-state index contributed by atoms with van der Waals surface area (Å²) in [6.45, 7) is 4.07. The molecule has 0 fully saturated rings. The minimum absolute atomic E-state index is 0.109. The Morgan fingerprint density at radius 1 is 0.971 bits per heavy atom. The van der Waals surface area contributed by atoms with Crippen LogP contribution < -0.4 is 5.32 Å². The number of anilines is 1. The van der Waals surface area contributed by atoms with E-state index in [0.717, 1.165) is 58.8 Å². The van der Waals surface area contributed by atoms with Gasteiger partial charge in [-0.2, -0.15) is 0 Å². The molecule has 0 bridgehead atoms. The fraction of sp³-hybridized carbons (Fsp3) is 0.267. The number of aromatic hydroxyl groups is 1. The molecule has 0 saturated heterocycles. The summed E-state index contributed by atoms with van der Waals surface area (Å²) in [7, 11) is 0. The van der Waals surface area contributed by atoms with Gasteiger partial charge in [0, 0.05) is 22.3 Å². The molecular formula is C30H30N2O2S. The van der Waals surface area contributed by atoms with E-state index in [1.807, 2.05) is 56.3 Å². The first-order valence-electron chi connectivity index (χ1n) is 12.3. The summed E-state index contributed by atoms with van der Waals surface area (Å²) in [6, 6.07) is 17.6. The van der Waals surface area contributed by atoms with E-state index in [4.69, 9.17) is 4.99 Å². The normalized spacial score (nSPS) is 14.0. The van der Waals surface area contributed by atoms with Gasteiger partial charge in [-0.25, -0.2) is 4.99 Å². The summed E-state index contributed by atoms with van der Waals surface area (Å²) in [4.78, 5) is 19.7. The van der Waals surface area contributed by atoms with Crippen molar-refractivity contribution in [3.05, 3.63) is 87.3 Å². The molecule has 35 heavy (non-hydrogen) atoms. The number of carbonyl (C=O) groups is 1. The lowest BCUT2D eigenvalue weighted by Crippen LogP contribution is -2.14. The Hall–Kier alpha value is -3.44. The number of carbonyl (C=O) groups excluding carboxylic acids is 1. The van der Waals surface area contributed by atoms with Crippen molar-refractivity contribution in [2.75, 3.05) is 5.32 Å². The van der Waals surface area contributed by atoms with Gasteiger partial charge in [0.2, 0.25) is 0 Å². The van der Waals surface area contributed by atoms with Crippen LogP contribution in [0.25, 0.3) is 10.8 Å². The summed E-state index contributed by atoms with van der Waals surface area (Å²) in [5.74, 6) is 0.0750. The number of benzene rings is 3. The van der Waals surface area contributed by atoms with Crippen LogP contribution in [0.15, 0.2) is 59.6 Å². The molecule has 1 aliphatic rings. The van der Waals surface area contributed by atoms with Gasteiger partial charge < -0.3 is 10.4 Å². The molecule has 4 nitrogen and oxygen atoms in total. The lowest BCUT2D eigenvalue weighted by Gasteiger charge is -2.12. The van der Waals surface area contributed by atoms with E-state index in [9.17, 15) is 9.90 Å². The predicted octanol–water partition coefficient (Wildman–Crippen LogP) is 7.89. The van der Waals surface area contributed by atoms with E-state index in [1.54, 1.807) is 23.6 Å². The topological polar surface area (TPSA) is 61.7 Å². The number of fused-ring (bicyclic) bond motifs is 2. The third-order valence-electron chi connectivity index (χ3n) is 6.62. The number of hydrogen-bond donors (Lipinski definition) is 2. The zero-order valence-electron chi connectivity index (χ0n) is 20.2. The van der Waals surface area contributed by atoms with E-state index in [2.05, 4.69) is 11.4 Å². The standard InChI is InChI=1S/C30H30N2O2S/c1-19-15-20(2)17-22(16-19)32-29(34)28-24-11-5-3-4-6-12-27(24)35-30(28)31-18-25-23-10-8-7-9-21(23)13-14-26(25)33/h7-10,13-18,33H,3-6,11-12H2,1-2H3,(H,32,34). The number of thiophene rings is 1. The van der Waals surface area contributed by atoms with Gasteiger partial charge in [0.15, 0.2) is 0 Å². The molecule has 1 amide bonds. The zero-order valence-corrected chi connectivity index (χ0v) is 21.0. The number of nitrogens with zero attached hydrogens (tertiary/aromatic N) is 1. The van der Waals surface area contributed by atoms with Crippen LogP contribution in [0.1, 0.15) is 63.2 Å². The fourth-order valence-corrected chi connectivity index (χ4v) is 6.24. The molecule has 0 saturated carbocycles. The number of hydrogen-bond acceptors (Lipinski definition) is 4. The monoisotopic (exact) mass is 482 g/mol. The average Bonchev–Trinajstić information content (AvgIpc) is 3.14. The minimum Gasteiger partial charge on any atom is -0.507 e. The Kier molecular flexibility index (Phi) is 6.69. The molecular weight excluding hydrogens is 452 g/mol. The summed E-state index contributed by atoms with van der Waals surface area (Å²) in [5, 5.41) is 16.4. The number of nitrogens with one attached hydrogen (secondary N) is 1. The second-order valence-electron chi connectivity index (χ2n) is 9.41. The summed E-state index contributed by atoms with van der Waals surface area (Å²) in [5.41, 5.74) is 5.54. The molecule has 1 heterocycles. The zero-order chi connectivity index (χ0) is 24.4. The van der Waals surface area contributed by atoms with Crippen molar-refractivity contribution in [2.24, 2.45) is 4.99 Å². The number of aliphatic imine (C=N–C) groups is 1. The first-order chi connectivity index (χ1) is 17.0. The Morgan fingerprint density at radius 2 is 1.71 bits per heavy atom. The number of aryl methyl sites for hydroxylation is 3. The van der Waals surface area contributed by atoms with Gasteiger partial charge in [-0.3, -0.25) is 4.79 Å². The van der Waals surface area contributed by atoms with Crippen molar-refractivity contribution in [3.63, 3.8) is 0 Å². The van der Waals surface area contributed by atoms with Crippen LogP contribution in [-0.4, -0.2) is 17.2 Å². The third-order valence-corrected chi connectivity index (χ3v) is 7.82. The van der Waals surface area contributed by atoms with E-state index in [-0.39, 0.29) is 11.7 Å². The second kappa shape index (κ2) is 10.0. The highest BCUT2D eigenvalue weighted by Gasteiger charge is 2.24. The highest BCUT2D eigenvalue weighted by Crippen LogP contribution is 2.40. The van der Waals surface area contributed by atoms with Crippen LogP contribution in [0.2, 0.25) is 0 Å². The number of rotatable bonds is 4. The van der Waals surface area contributed by atoms with Gasteiger partial charge in [-0.15, -0.1) is 11.3 Å². The van der Waals surface area contributed by atoms with Crippen LogP contribution in [0.3, 0.4) is 0 Å². The number of amides is 1. The van der Waals surface area contributed by atoms with Gasteiger partial charge in [-0.1, -0.05) is 49.2 Å². The third kappa shape index (κ3) is 5.01. The van der Waals surface area contributed by atoms with E-state index in [1.165, 1.54) is 17.7 Å². The Bertz CT molecular complexity index is 1410. The molecule has 1 aromatic heterocycles. The molecule has 3 aromatic carbocycles. The van der Waals surface area contributed by atoms with Crippen LogP contribution in [-0.2, 0) is 12.8 Å². The molecule has 2 N–H and O–H groups in total. The van der Waals surface area contributed by atoms with Crippen molar-refractivity contribution in [1.82, 2.24) is 0 Å². The molecule has 5 heteroatoms. The van der Waals surface area contributed by atoms with Crippen LogP contribution in [0, 0.1) is 13.8 Å². The number of phenolic OH excluding ortho intramolecular Hbond substituents is 1. The van der Waals surface area contributed by atoms with E-state index >= 15 is 0 Å². The second-order valence-corrected chi connectivity index (χ2v) is 10.5. The maximum Gasteiger partial charge on any atom is 0.259 e. The molecule has 0 aliphatic heterocycles. The molecule has 4 aromatic rings. The quantitative estimate of drug-likeness (QED) is 0.291. The Labute approximate surface area is 210 Å². The van der Waals surface area contributed by atoms with Gasteiger partial charge in [-0.05, 0) is 85.2 Å².